The van der Waals surface area contributed by atoms with Crippen LogP contribution in [0.2, 0.25) is 0 Å². The summed E-state index contributed by atoms with van der Waals surface area (Å²) in [6.07, 6.45) is 0. The van der Waals surface area contributed by atoms with Crippen molar-refractivity contribution in [3.8, 4) is 0 Å². The molecule has 1 rings (SSSR count). The van der Waals surface area contributed by atoms with Gasteiger partial charge in [0.2, 0.25) is 17.7 Å². The van der Waals surface area contributed by atoms with Crippen LogP contribution < -0.4 is 16.0 Å². The number of carbonyl (C=O) groups is 3. The van der Waals surface area contributed by atoms with Gasteiger partial charge in [-0.1, -0.05) is 0 Å². The summed E-state index contributed by atoms with van der Waals surface area (Å²) >= 11 is 0. The molecule has 1 aliphatic rings. The number of carbonyl (C=O) groups excluding carboxylic acids is 3. The van der Waals surface area contributed by atoms with Gasteiger partial charge in [-0.3, -0.25) is 19.7 Å². The van der Waals surface area contributed by atoms with E-state index in [0.29, 0.717) is 13.1 Å². The SMILES string of the molecule is CCN(CC)C(=O)CNC(=O)C1CNC(=O)CN1. The van der Waals surface area contributed by atoms with Crippen LogP contribution in [0.25, 0.3) is 0 Å². The molecular weight excluding hydrogens is 236 g/mol. The van der Waals surface area contributed by atoms with Gasteiger partial charge in [0.25, 0.3) is 0 Å². The fourth-order valence-electron chi connectivity index (χ4n) is 1.73. The van der Waals surface area contributed by atoms with Gasteiger partial charge < -0.3 is 15.5 Å². The highest BCUT2D eigenvalue weighted by Gasteiger charge is 2.24. The minimum absolute atomic E-state index is 0.00730. The normalized spacial score (nSPS) is 19.0. The van der Waals surface area contributed by atoms with Crippen molar-refractivity contribution in [2.24, 2.45) is 0 Å². The maximum Gasteiger partial charge on any atom is 0.241 e. The Morgan fingerprint density at radius 1 is 1.39 bits per heavy atom. The van der Waals surface area contributed by atoms with Gasteiger partial charge in [-0.25, -0.2) is 0 Å². The predicted octanol–water partition coefficient (Wildman–Crippen LogP) is -1.94. The van der Waals surface area contributed by atoms with E-state index in [-0.39, 0.29) is 37.4 Å². The van der Waals surface area contributed by atoms with Crippen LogP contribution in [0.3, 0.4) is 0 Å². The van der Waals surface area contributed by atoms with Crippen molar-refractivity contribution >= 4 is 17.7 Å². The molecule has 102 valence electrons. The smallest absolute Gasteiger partial charge is 0.241 e. The van der Waals surface area contributed by atoms with E-state index in [0.717, 1.165) is 0 Å². The lowest BCUT2D eigenvalue weighted by atomic mass is 10.2. The zero-order chi connectivity index (χ0) is 13.5. The van der Waals surface area contributed by atoms with Gasteiger partial charge in [-0.15, -0.1) is 0 Å². The standard InChI is InChI=1S/C11H20N4O3/c1-3-15(4-2)10(17)7-14-11(18)8-5-13-9(16)6-12-8/h8,12H,3-7H2,1-2H3,(H,13,16)(H,14,18). The number of amides is 3. The molecule has 1 saturated heterocycles. The Balaban J connectivity index is 2.32. The molecule has 7 nitrogen and oxygen atoms in total. The Morgan fingerprint density at radius 3 is 2.56 bits per heavy atom. The Labute approximate surface area is 106 Å². The van der Waals surface area contributed by atoms with Gasteiger partial charge in [0.05, 0.1) is 13.1 Å². The quantitative estimate of drug-likeness (QED) is 0.534. The Morgan fingerprint density at radius 2 is 2.06 bits per heavy atom. The third-order valence-electron chi connectivity index (χ3n) is 2.86. The lowest BCUT2D eigenvalue weighted by molar-refractivity contribution is -0.133. The molecule has 1 heterocycles. The molecule has 0 spiro atoms. The summed E-state index contributed by atoms with van der Waals surface area (Å²) in [6, 6.07) is -0.466. The molecular formula is C11H20N4O3. The lowest BCUT2D eigenvalue weighted by Gasteiger charge is -2.24. The van der Waals surface area contributed by atoms with Crippen molar-refractivity contribution in [3.05, 3.63) is 0 Å². The van der Waals surface area contributed by atoms with Crippen LogP contribution in [-0.2, 0) is 14.4 Å². The summed E-state index contributed by atoms with van der Waals surface area (Å²) in [5.74, 6) is -0.498. The van der Waals surface area contributed by atoms with Crippen LogP contribution in [0, 0.1) is 0 Å². The molecule has 0 saturated carbocycles. The van der Waals surface area contributed by atoms with E-state index in [1.165, 1.54) is 0 Å². The summed E-state index contributed by atoms with van der Waals surface area (Å²) in [7, 11) is 0. The number of likely N-dealkylation sites (N-methyl/N-ethyl adjacent to an activating group) is 1. The molecule has 0 aliphatic carbocycles. The first-order chi connectivity index (χ1) is 8.58. The summed E-state index contributed by atoms with van der Waals surface area (Å²) in [5.41, 5.74) is 0. The van der Waals surface area contributed by atoms with E-state index in [1.807, 2.05) is 13.8 Å². The highest BCUT2D eigenvalue weighted by molar-refractivity contribution is 5.89. The van der Waals surface area contributed by atoms with Crippen LogP contribution in [-0.4, -0.2) is 61.4 Å². The second-order valence-corrected chi connectivity index (χ2v) is 4.02. The molecule has 0 aromatic heterocycles. The number of nitrogens with one attached hydrogen (secondary N) is 3. The van der Waals surface area contributed by atoms with Gasteiger partial charge in [0.15, 0.2) is 0 Å². The molecule has 3 N–H and O–H groups in total. The average molecular weight is 256 g/mol. The molecule has 0 aromatic rings. The van der Waals surface area contributed by atoms with Gasteiger partial charge in [-0.2, -0.15) is 0 Å². The topological polar surface area (TPSA) is 90.5 Å². The Kier molecular flexibility index (Phi) is 5.57. The minimum Gasteiger partial charge on any atom is -0.353 e. The van der Waals surface area contributed by atoms with E-state index in [4.69, 9.17) is 0 Å². The molecule has 1 unspecified atom stereocenters. The van der Waals surface area contributed by atoms with Crippen molar-refractivity contribution < 1.29 is 14.4 Å². The fraction of sp³-hybridized carbons (Fsp3) is 0.727. The minimum atomic E-state index is -0.466. The molecule has 1 atom stereocenters. The monoisotopic (exact) mass is 256 g/mol. The van der Waals surface area contributed by atoms with E-state index < -0.39 is 6.04 Å². The molecule has 0 aromatic carbocycles. The maximum atomic E-state index is 11.7. The first kappa shape index (κ1) is 14.4. The van der Waals surface area contributed by atoms with Crippen molar-refractivity contribution in [2.75, 3.05) is 32.7 Å². The van der Waals surface area contributed by atoms with Crippen molar-refractivity contribution in [1.29, 1.82) is 0 Å². The molecule has 0 radical (unpaired) electrons. The summed E-state index contributed by atoms with van der Waals surface area (Å²) in [5, 5.41) is 7.96. The fourth-order valence-corrected chi connectivity index (χ4v) is 1.73. The second-order valence-electron chi connectivity index (χ2n) is 4.02. The Hall–Kier alpha value is -1.63. The molecule has 0 bridgehead atoms. The van der Waals surface area contributed by atoms with Gasteiger partial charge in [-0.05, 0) is 13.8 Å². The Bertz CT molecular complexity index is 318. The number of rotatable bonds is 5. The molecule has 1 fully saturated rings. The zero-order valence-electron chi connectivity index (χ0n) is 10.8. The second kappa shape index (κ2) is 6.95. The largest absolute Gasteiger partial charge is 0.353 e. The van der Waals surface area contributed by atoms with E-state index in [9.17, 15) is 14.4 Å². The van der Waals surface area contributed by atoms with Gasteiger partial charge in [0.1, 0.15) is 6.04 Å². The van der Waals surface area contributed by atoms with E-state index >= 15 is 0 Å². The number of piperazine rings is 1. The van der Waals surface area contributed by atoms with Crippen LogP contribution in [0.5, 0.6) is 0 Å². The van der Waals surface area contributed by atoms with Crippen LogP contribution in [0.15, 0.2) is 0 Å². The van der Waals surface area contributed by atoms with Crippen molar-refractivity contribution in [3.63, 3.8) is 0 Å². The zero-order valence-corrected chi connectivity index (χ0v) is 10.8. The first-order valence-electron chi connectivity index (χ1n) is 6.14. The highest BCUT2D eigenvalue weighted by atomic mass is 16.2. The van der Waals surface area contributed by atoms with E-state index in [1.54, 1.807) is 4.90 Å². The summed E-state index contributed by atoms with van der Waals surface area (Å²) in [6.45, 7) is 5.41. The average Bonchev–Trinajstić information content (AvgIpc) is 2.38. The summed E-state index contributed by atoms with van der Waals surface area (Å²) in [4.78, 5) is 35.9. The third kappa shape index (κ3) is 3.99. The molecule has 7 heteroatoms. The van der Waals surface area contributed by atoms with Crippen molar-refractivity contribution in [2.45, 2.75) is 19.9 Å². The number of hydrogen-bond acceptors (Lipinski definition) is 4. The predicted molar refractivity (Wildman–Crippen MR) is 65.7 cm³/mol. The molecule has 3 amide bonds. The van der Waals surface area contributed by atoms with Crippen LogP contribution in [0.4, 0.5) is 0 Å². The van der Waals surface area contributed by atoms with E-state index in [2.05, 4.69) is 16.0 Å². The van der Waals surface area contributed by atoms with Crippen molar-refractivity contribution in [1.82, 2.24) is 20.9 Å². The highest BCUT2D eigenvalue weighted by Crippen LogP contribution is 1.90. The van der Waals surface area contributed by atoms with Gasteiger partial charge >= 0.3 is 0 Å². The van der Waals surface area contributed by atoms with Crippen LogP contribution >= 0.6 is 0 Å². The third-order valence-corrected chi connectivity index (χ3v) is 2.86. The first-order valence-corrected chi connectivity index (χ1v) is 6.14. The summed E-state index contributed by atoms with van der Waals surface area (Å²) < 4.78 is 0. The molecule has 18 heavy (non-hydrogen) atoms. The lowest BCUT2D eigenvalue weighted by Crippen LogP contribution is -2.58. The van der Waals surface area contributed by atoms with Gasteiger partial charge in [0, 0.05) is 19.6 Å². The number of nitrogens with zero attached hydrogens (tertiary/aromatic N) is 1. The molecule has 1 aliphatic heterocycles. The maximum absolute atomic E-state index is 11.7. The van der Waals surface area contributed by atoms with Crippen LogP contribution in [0.1, 0.15) is 13.8 Å². The number of hydrogen-bond donors (Lipinski definition) is 3.